The van der Waals surface area contributed by atoms with Gasteiger partial charge in [-0.2, -0.15) is 5.10 Å². The standard InChI is InChI=1S/C23H19Br2IN2O3/c1-2-30-21-12-16(13-27-28-23(29)18-5-3-4-6-19(18)25)11-20(26)22(21)31-14-15-7-9-17(24)10-8-15/h3-13H,2,14H2,1H3,(H,28,29)/b27-13+. The highest BCUT2D eigenvalue weighted by Gasteiger charge is 2.13. The van der Waals surface area contributed by atoms with Crippen LogP contribution in [0.15, 0.2) is 74.7 Å². The van der Waals surface area contributed by atoms with E-state index in [2.05, 4.69) is 65.0 Å². The van der Waals surface area contributed by atoms with Gasteiger partial charge in [-0.3, -0.25) is 4.79 Å². The molecule has 1 amide bonds. The van der Waals surface area contributed by atoms with E-state index in [0.29, 0.717) is 34.7 Å². The molecule has 3 rings (SSSR count). The highest BCUT2D eigenvalue weighted by atomic mass is 127. The van der Waals surface area contributed by atoms with E-state index < -0.39 is 0 Å². The Labute approximate surface area is 211 Å². The van der Waals surface area contributed by atoms with Gasteiger partial charge in [0.15, 0.2) is 11.5 Å². The summed E-state index contributed by atoms with van der Waals surface area (Å²) < 4.78 is 14.5. The van der Waals surface area contributed by atoms with Crippen molar-refractivity contribution in [1.82, 2.24) is 5.43 Å². The van der Waals surface area contributed by atoms with Crippen LogP contribution >= 0.6 is 54.5 Å². The smallest absolute Gasteiger partial charge is 0.272 e. The van der Waals surface area contributed by atoms with Crippen LogP contribution in [-0.4, -0.2) is 18.7 Å². The summed E-state index contributed by atoms with van der Waals surface area (Å²) in [5.41, 5.74) is 4.91. The van der Waals surface area contributed by atoms with Gasteiger partial charge in [0.1, 0.15) is 6.61 Å². The number of halogens is 3. The van der Waals surface area contributed by atoms with Crippen LogP contribution in [-0.2, 0) is 6.61 Å². The number of carbonyl (C=O) groups is 1. The summed E-state index contributed by atoms with van der Waals surface area (Å²) in [5.74, 6) is 1.02. The fourth-order valence-electron chi connectivity index (χ4n) is 2.67. The van der Waals surface area contributed by atoms with Crippen molar-refractivity contribution in [1.29, 1.82) is 0 Å². The number of rotatable bonds is 8. The zero-order chi connectivity index (χ0) is 22.2. The fourth-order valence-corrected chi connectivity index (χ4v) is 4.18. The van der Waals surface area contributed by atoms with Gasteiger partial charge in [0, 0.05) is 8.95 Å². The molecular formula is C23H19Br2IN2O3. The molecule has 0 unspecified atom stereocenters. The van der Waals surface area contributed by atoms with Crippen molar-refractivity contribution in [3.63, 3.8) is 0 Å². The lowest BCUT2D eigenvalue weighted by Gasteiger charge is -2.15. The van der Waals surface area contributed by atoms with Gasteiger partial charge >= 0.3 is 0 Å². The summed E-state index contributed by atoms with van der Waals surface area (Å²) in [6.45, 7) is 2.85. The molecule has 0 atom stereocenters. The summed E-state index contributed by atoms with van der Waals surface area (Å²) in [7, 11) is 0. The lowest BCUT2D eigenvalue weighted by Crippen LogP contribution is -2.18. The Morgan fingerprint density at radius 2 is 1.84 bits per heavy atom. The van der Waals surface area contributed by atoms with Crippen molar-refractivity contribution in [2.45, 2.75) is 13.5 Å². The summed E-state index contributed by atoms with van der Waals surface area (Å²) in [4.78, 5) is 12.3. The lowest BCUT2D eigenvalue weighted by molar-refractivity contribution is 0.0954. The third kappa shape index (κ3) is 6.78. The van der Waals surface area contributed by atoms with Gasteiger partial charge in [0.25, 0.3) is 5.91 Å². The Bertz CT molecular complexity index is 1090. The summed E-state index contributed by atoms with van der Waals surface area (Å²) >= 11 is 9.01. The zero-order valence-electron chi connectivity index (χ0n) is 16.6. The van der Waals surface area contributed by atoms with E-state index in [4.69, 9.17) is 9.47 Å². The largest absolute Gasteiger partial charge is 0.490 e. The van der Waals surface area contributed by atoms with Crippen molar-refractivity contribution in [3.8, 4) is 11.5 Å². The number of hydrazone groups is 1. The molecule has 160 valence electrons. The van der Waals surface area contributed by atoms with Gasteiger partial charge in [0.2, 0.25) is 0 Å². The third-order valence-corrected chi connectivity index (χ3v) is 6.15. The molecule has 8 heteroatoms. The first-order valence-electron chi connectivity index (χ1n) is 9.39. The molecule has 0 spiro atoms. The van der Waals surface area contributed by atoms with E-state index in [1.807, 2.05) is 55.5 Å². The molecule has 0 aliphatic rings. The number of ether oxygens (including phenoxy) is 2. The Balaban J connectivity index is 1.73. The van der Waals surface area contributed by atoms with Crippen LogP contribution < -0.4 is 14.9 Å². The molecule has 3 aromatic carbocycles. The summed E-state index contributed by atoms with van der Waals surface area (Å²) in [6, 6.07) is 18.9. The molecule has 5 nitrogen and oxygen atoms in total. The molecule has 0 aliphatic heterocycles. The highest BCUT2D eigenvalue weighted by Crippen LogP contribution is 2.34. The van der Waals surface area contributed by atoms with Crippen molar-refractivity contribution < 1.29 is 14.3 Å². The van der Waals surface area contributed by atoms with Gasteiger partial charge in [-0.25, -0.2) is 5.43 Å². The monoisotopic (exact) mass is 656 g/mol. The Hall–Kier alpha value is -1.91. The molecule has 0 radical (unpaired) electrons. The second-order valence-electron chi connectivity index (χ2n) is 6.36. The first-order chi connectivity index (χ1) is 15.0. The van der Waals surface area contributed by atoms with Gasteiger partial charge in [-0.15, -0.1) is 0 Å². The third-order valence-electron chi connectivity index (χ3n) is 4.13. The second-order valence-corrected chi connectivity index (χ2v) is 9.29. The molecule has 0 saturated heterocycles. The normalized spacial score (nSPS) is 10.8. The molecule has 0 aliphatic carbocycles. The number of hydrogen-bond acceptors (Lipinski definition) is 4. The molecule has 0 aromatic heterocycles. The van der Waals surface area contributed by atoms with Crippen LogP contribution in [0.5, 0.6) is 11.5 Å². The Morgan fingerprint density at radius 3 is 2.55 bits per heavy atom. The van der Waals surface area contributed by atoms with Crippen molar-refractivity contribution >= 4 is 66.6 Å². The molecule has 0 saturated carbocycles. The van der Waals surface area contributed by atoms with E-state index in [-0.39, 0.29) is 5.91 Å². The predicted octanol–water partition coefficient (Wildman–Crippen LogP) is 6.56. The first-order valence-corrected chi connectivity index (χ1v) is 12.1. The average molecular weight is 658 g/mol. The number of nitrogens with zero attached hydrogens (tertiary/aromatic N) is 1. The summed E-state index contributed by atoms with van der Waals surface area (Å²) in [5, 5.41) is 4.08. The van der Waals surface area contributed by atoms with Crippen LogP contribution in [0.4, 0.5) is 0 Å². The van der Waals surface area contributed by atoms with E-state index in [1.165, 1.54) is 0 Å². The maximum Gasteiger partial charge on any atom is 0.272 e. The molecule has 3 aromatic rings. The quantitative estimate of drug-likeness (QED) is 0.170. The van der Waals surface area contributed by atoms with Crippen molar-refractivity contribution in [2.24, 2.45) is 5.10 Å². The number of nitrogens with one attached hydrogen (secondary N) is 1. The van der Waals surface area contributed by atoms with Gasteiger partial charge in [-0.1, -0.05) is 40.2 Å². The second kappa shape index (κ2) is 11.6. The topological polar surface area (TPSA) is 59.9 Å². The number of carbonyl (C=O) groups excluding carboxylic acids is 1. The maximum atomic E-state index is 12.3. The van der Waals surface area contributed by atoms with E-state index in [9.17, 15) is 4.79 Å². The Kier molecular flexibility index (Phi) is 8.91. The first kappa shape index (κ1) is 23.7. The minimum Gasteiger partial charge on any atom is -0.490 e. The van der Waals surface area contributed by atoms with Crippen molar-refractivity contribution in [2.75, 3.05) is 6.61 Å². The zero-order valence-corrected chi connectivity index (χ0v) is 21.9. The molecule has 0 fully saturated rings. The molecular weight excluding hydrogens is 639 g/mol. The van der Waals surface area contributed by atoms with Crippen LogP contribution in [0.1, 0.15) is 28.4 Å². The fraction of sp³-hybridized carbons (Fsp3) is 0.130. The van der Waals surface area contributed by atoms with Gasteiger partial charge in [0.05, 0.1) is 22.0 Å². The molecule has 0 bridgehead atoms. The minimum absolute atomic E-state index is 0.294. The van der Waals surface area contributed by atoms with Gasteiger partial charge < -0.3 is 9.47 Å². The van der Waals surface area contributed by atoms with E-state index in [1.54, 1.807) is 18.3 Å². The molecule has 31 heavy (non-hydrogen) atoms. The van der Waals surface area contributed by atoms with Crippen molar-refractivity contribution in [3.05, 3.63) is 89.9 Å². The minimum atomic E-state index is -0.294. The van der Waals surface area contributed by atoms with Crippen LogP contribution in [0.25, 0.3) is 0 Å². The van der Waals surface area contributed by atoms with E-state index in [0.717, 1.165) is 19.2 Å². The van der Waals surface area contributed by atoms with Gasteiger partial charge in [-0.05, 0) is 93.0 Å². The maximum absolute atomic E-state index is 12.3. The Morgan fingerprint density at radius 1 is 1.10 bits per heavy atom. The molecule has 1 N–H and O–H groups in total. The van der Waals surface area contributed by atoms with Crippen LogP contribution in [0.3, 0.4) is 0 Å². The molecule has 0 heterocycles. The summed E-state index contributed by atoms with van der Waals surface area (Å²) in [6.07, 6.45) is 1.58. The number of amides is 1. The predicted molar refractivity (Wildman–Crippen MR) is 138 cm³/mol. The average Bonchev–Trinajstić information content (AvgIpc) is 2.75. The lowest BCUT2D eigenvalue weighted by atomic mass is 10.2. The van der Waals surface area contributed by atoms with Crippen LogP contribution in [0, 0.1) is 3.57 Å². The highest BCUT2D eigenvalue weighted by molar-refractivity contribution is 14.1. The number of hydrogen-bond donors (Lipinski definition) is 1. The van der Waals surface area contributed by atoms with E-state index >= 15 is 0 Å². The SMILES string of the molecule is CCOc1cc(/C=N/NC(=O)c2ccccc2Br)cc(I)c1OCc1ccc(Br)cc1. The number of benzene rings is 3. The van der Waals surface area contributed by atoms with Crippen LogP contribution in [0.2, 0.25) is 0 Å².